The van der Waals surface area contributed by atoms with Crippen LogP contribution in [0.2, 0.25) is 0 Å². The first-order valence-corrected chi connectivity index (χ1v) is 11.9. The molecular formula is C19H39NO6S. The molecule has 1 amide bonds. The summed E-state index contributed by atoms with van der Waals surface area (Å²) in [4.78, 5) is 11.9. The maximum Gasteiger partial charge on any atom is 0.276 e. The molecule has 4 N–H and O–H groups in total. The Hall–Kier alpha value is -0.700. The third kappa shape index (κ3) is 15.0. The number of amides is 1. The first kappa shape index (κ1) is 26.3. The Balaban J connectivity index is 3.85. The summed E-state index contributed by atoms with van der Waals surface area (Å²) in [5.41, 5.74) is 0. The van der Waals surface area contributed by atoms with E-state index in [1.54, 1.807) is 0 Å². The summed E-state index contributed by atoms with van der Waals surface area (Å²) in [5, 5.41) is 18.6. The van der Waals surface area contributed by atoms with Gasteiger partial charge >= 0.3 is 0 Å². The third-order valence-electron chi connectivity index (χ3n) is 4.69. The van der Waals surface area contributed by atoms with Crippen molar-refractivity contribution < 1.29 is 28.0 Å². The smallest absolute Gasteiger partial charge is 0.276 e. The Morgan fingerprint density at radius 3 is 1.74 bits per heavy atom. The van der Waals surface area contributed by atoms with Crippen molar-refractivity contribution in [2.24, 2.45) is 0 Å². The SMILES string of the molecule is CCCCCCCCCCCCCCC(C(=O)NCC(O)CO)S(=O)(=O)O. The lowest BCUT2D eigenvalue weighted by Crippen LogP contribution is -2.43. The molecular weight excluding hydrogens is 370 g/mol. The van der Waals surface area contributed by atoms with Crippen molar-refractivity contribution in [3.63, 3.8) is 0 Å². The second kappa shape index (κ2) is 16.3. The molecule has 8 heteroatoms. The van der Waals surface area contributed by atoms with Crippen molar-refractivity contribution in [2.75, 3.05) is 13.2 Å². The normalized spacial score (nSPS) is 14.1. The lowest BCUT2D eigenvalue weighted by Gasteiger charge is -2.15. The number of carbonyl (C=O) groups excluding carboxylic acids is 1. The molecule has 0 aliphatic carbocycles. The zero-order valence-corrected chi connectivity index (χ0v) is 17.6. The number of aliphatic hydroxyl groups is 2. The van der Waals surface area contributed by atoms with Crippen LogP contribution in [-0.4, -0.2) is 53.6 Å². The molecule has 0 aliphatic rings. The number of carbonyl (C=O) groups is 1. The Morgan fingerprint density at radius 2 is 1.33 bits per heavy atom. The highest BCUT2D eigenvalue weighted by Crippen LogP contribution is 2.15. The zero-order valence-electron chi connectivity index (χ0n) is 16.7. The van der Waals surface area contributed by atoms with Crippen LogP contribution in [0.25, 0.3) is 0 Å². The first-order valence-electron chi connectivity index (χ1n) is 10.4. The van der Waals surface area contributed by atoms with Crippen LogP contribution in [0.4, 0.5) is 0 Å². The van der Waals surface area contributed by atoms with Crippen molar-refractivity contribution in [1.82, 2.24) is 5.32 Å². The van der Waals surface area contributed by atoms with Crippen LogP contribution in [0.15, 0.2) is 0 Å². The molecule has 0 spiro atoms. The standard InChI is InChI=1S/C19H39NO6S/c1-2-3-4-5-6-7-8-9-10-11-12-13-14-18(27(24,25)26)19(23)20-15-17(22)16-21/h17-18,21-22H,2-16H2,1H3,(H,20,23)(H,24,25,26). The molecule has 0 bridgehead atoms. The van der Waals surface area contributed by atoms with E-state index in [-0.39, 0.29) is 13.0 Å². The monoisotopic (exact) mass is 409 g/mol. The molecule has 0 fully saturated rings. The molecule has 0 aromatic carbocycles. The van der Waals surface area contributed by atoms with Gasteiger partial charge in [-0.3, -0.25) is 9.35 Å². The van der Waals surface area contributed by atoms with Crippen molar-refractivity contribution in [3.05, 3.63) is 0 Å². The van der Waals surface area contributed by atoms with E-state index in [4.69, 9.17) is 5.11 Å². The van der Waals surface area contributed by atoms with Gasteiger partial charge in [0, 0.05) is 6.54 Å². The Kier molecular flexibility index (Phi) is 15.9. The molecule has 27 heavy (non-hydrogen) atoms. The molecule has 2 atom stereocenters. The highest BCUT2D eigenvalue weighted by atomic mass is 32.2. The average Bonchev–Trinajstić information content (AvgIpc) is 2.62. The van der Waals surface area contributed by atoms with Crippen LogP contribution < -0.4 is 5.32 Å². The fourth-order valence-electron chi connectivity index (χ4n) is 2.98. The van der Waals surface area contributed by atoms with Crippen LogP contribution in [0.5, 0.6) is 0 Å². The molecule has 0 saturated heterocycles. The fraction of sp³-hybridized carbons (Fsp3) is 0.947. The van der Waals surface area contributed by atoms with Gasteiger partial charge in [-0.2, -0.15) is 8.42 Å². The molecule has 0 heterocycles. The van der Waals surface area contributed by atoms with Crippen molar-refractivity contribution in [2.45, 2.75) is 102 Å². The van der Waals surface area contributed by atoms with E-state index in [9.17, 15) is 22.9 Å². The number of hydrogen-bond acceptors (Lipinski definition) is 5. The highest BCUT2D eigenvalue weighted by molar-refractivity contribution is 7.87. The van der Waals surface area contributed by atoms with Crippen LogP contribution in [0.3, 0.4) is 0 Å². The Labute approximate surface area is 164 Å². The van der Waals surface area contributed by atoms with Gasteiger partial charge < -0.3 is 15.5 Å². The summed E-state index contributed by atoms with van der Waals surface area (Å²) >= 11 is 0. The van der Waals surface area contributed by atoms with Gasteiger partial charge in [-0.15, -0.1) is 0 Å². The predicted octanol–water partition coefficient (Wildman–Crippen LogP) is 2.80. The van der Waals surface area contributed by atoms with Gasteiger partial charge in [-0.25, -0.2) is 0 Å². The quantitative estimate of drug-likeness (QED) is 0.204. The van der Waals surface area contributed by atoms with Crippen molar-refractivity contribution in [3.8, 4) is 0 Å². The summed E-state index contributed by atoms with van der Waals surface area (Å²) in [7, 11) is -4.49. The number of rotatable bonds is 18. The second-order valence-corrected chi connectivity index (χ2v) is 8.86. The number of nitrogens with one attached hydrogen (secondary N) is 1. The molecule has 162 valence electrons. The van der Waals surface area contributed by atoms with Crippen molar-refractivity contribution in [1.29, 1.82) is 0 Å². The molecule has 0 saturated carbocycles. The van der Waals surface area contributed by atoms with E-state index >= 15 is 0 Å². The van der Waals surface area contributed by atoms with Gasteiger partial charge in [0.2, 0.25) is 5.91 Å². The molecule has 0 aromatic heterocycles. The maximum absolute atomic E-state index is 11.9. The second-order valence-electron chi connectivity index (χ2n) is 7.26. The molecule has 0 aromatic rings. The summed E-state index contributed by atoms with van der Waals surface area (Å²) in [6.07, 6.45) is 12.6. The van der Waals surface area contributed by atoms with Gasteiger partial charge in [0.15, 0.2) is 5.25 Å². The summed E-state index contributed by atoms with van der Waals surface area (Å²) in [5.74, 6) is -0.840. The summed E-state index contributed by atoms with van der Waals surface area (Å²) < 4.78 is 32.1. The van der Waals surface area contributed by atoms with E-state index in [1.165, 1.54) is 51.4 Å². The van der Waals surface area contributed by atoms with E-state index in [0.717, 1.165) is 19.3 Å². The van der Waals surface area contributed by atoms with Gasteiger partial charge in [0.1, 0.15) is 0 Å². The minimum Gasteiger partial charge on any atom is -0.394 e. The van der Waals surface area contributed by atoms with Crippen LogP contribution in [0, 0.1) is 0 Å². The summed E-state index contributed by atoms with van der Waals surface area (Å²) in [6.45, 7) is 1.43. The Morgan fingerprint density at radius 1 is 0.889 bits per heavy atom. The van der Waals surface area contributed by atoms with Crippen molar-refractivity contribution >= 4 is 16.0 Å². The largest absolute Gasteiger partial charge is 0.394 e. The maximum atomic E-state index is 11.9. The van der Waals surface area contributed by atoms with Gasteiger partial charge in [0.05, 0.1) is 12.7 Å². The average molecular weight is 410 g/mol. The fourth-order valence-corrected chi connectivity index (χ4v) is 3.80. The zero-order chi connectivity index (χ0) is 20.5. The minimum atomic E-state index is -4.49. The molecule has 0 aliphatic heterocycles. The third-order valence-corrected chi connectivity index (χ3v) is 5.86. The van der Waals surface area contributed by atoms with E-state index in [2.05, 4.69) is 12.2 Å². The predicted molar refractivity (Wildman–Crippen MR) is 107 cm³/mol. The highest BCUT2D eigenvalue weighted by Gasteiger charge is 2.30. The van der Waals surface area contributed by atoms with Crippen LogP contribution >= 0.6 is 0 Å². The van der Waals surface area contributed by atoms with E-state index < -0.39 is 34.0 Å². The first-order chi connectivity index (χ1) is 12.8. The van der Waals surface area contributed by atoms with Crippen LogP contribution in [-0.2, 0) is 14.9 Å². The number of unbranched alkanes of at least 4 members (excludes halogenated alkanes) is 11. The minimum absolute atomic E-state index is 0.0529. The molecule has 0 rings (SSSR count). The lowest BCUT2D eigenvalue weighted by molar-refractivity contribution is -0.121. The Bertz CT molecular complexity index is 469. The lowest BCUT2D eigenvalue weighted by atomic mass is 10.0. The van der Waals surface area contributed by atoms with Crippen LogP contribution in [0.1, 0.15) is 90.4 Å². The van der Waals surface area contributed by atoms with Gasteiger partial charge in [-0.05, 0) is 6.42 Å². The summed E-state index contributed by atoms with van der Waals surface area (Å²) in [6, 6.07) is 0. The van der Waals surface area contributed by atoms with Gasteiger partial charge in [0.25, 0.3) is 10.1 Å². The molecule has 7 nitrogen and oxygen atoms in total. The number of hydrogen-bond donors (Lipinski definition) is 4. The molecule has 0 radical (unpaired) electrons. The van der Waals surface area contributed by atoms with E-state index in [1.807, 2.05) is 0 Å². The topological polar surface area (TPSA) is 124 Å². The van der Waals surface area contributed by atoms with E-state index in [0.29, 0.717) is 6.42 Å². The number of aliphatic hydroxyl groups excluding tert-OH is 2. The molecule has 2 unspecified atom stereocenters. The van der Waals surface area contributed by atoms with Gasteiger partial charge in [-0.1, -0.05) is 84.0 Å².